The summed E-state index contributed by atoms with van der Waals surface area (Å²) in [6.45, 7) is 3.65. The molecule has 116 valence electrons. The van der Waals surface area contributed by atoms with Gasteiger partial charge in [0.05, 0.1) is 5.02 Å². The second kappa shape index (κ2) is 8.74. The van der Waals surface area contributed by atoms with Gasteiger partial charge in [-0.3, -0.25) is 4.79 Å². The van der Waals surface area contributed by atoms with E-state index in [0.717, 1.165) is 6.42 Å². The van der Waals surface area contributed by atoms with Crippen molar-refractivity contribution in [1.29, 1.82) is 0 Å². The van der Waals surface area contributed by atoms with Gasteiger partial charge in [-0.05, 0) is 31.5 Å². The molecule has 0 radical (unpaired) electrons. The Kier molecular flexibility index (Phi) is 7.32. The Morgan fingerprint density at radius 2 is 2.05 bits per heavy atom. The molecule has 1 N–H and O–H groups in total. The van der Waals surface area contributed by atoms with Crippen molar-refractivity contribution in [2.75, 3.05) is 13.2 Å². The van der Waals surface area contributed by atoms with Crippen LogP contribution in [0.25, 0.3) is 0 Å². The van der Waals surface area contributed by atoms with Crippen LogP contribution in [-0.2, 0) is 14.3 Å². The molecule has 1 aromatic rings. The monoisotopic (exact) mass is 333 g/mol. The molecule has 0 aliphatic carbocycles. The molecule has 1 aromatic carbocycles. The number of ether oxygens (including phenoxy) is 2. The second-order valence-corrected chi connectivity index (χ2v) is 5.14. The van der Waals surface area contributed by atoms with E-state index in [1.807, 2.05) is 6.92 Å². The van der Waals surface area contributed by atoms with E-state index in [4.69, 9.17) is 32.7 Å². The minimum atomic E-state index is -0.886. The second-order valence-electron chi connectivity index (χ2n) is 4.29. The van der Waals surface area contributed by atoms with E-state index < -0.39 is 12.1 Å². The Bertz CT molecular complexity index is 508. The molecular formula is C14H17Cl2NO4. The lowest BCUT2D eigenvalue weighted by Gasteiger charge is -2.15. The van der Waals surface area contributed by atoms with Gasteiger partial charge in [-0.2, -0.15) is 0 Å². The van der Waals surface area contributed by atoms with Gasteiger partial charge in [0, 0.05) is 11.6 Å². The van der Waals surface area contributed by atoms with Crippen LogP contribution >= 0.6 is 23.2 Å². The van der Waals surface area contributed by atoms with E-state index >= 15 is 0 Å². The summed E-state index contributed by atoms with van der Waals surface area (Å²) in [5.74, 6) is -0.671. The average Bonchev–Trinajstić information content (AvgIpc) is 2.45. The Balaban J connectivity index is 2.45. The molecule has 0 aliphatic heterocycles. The molecule has 0 heterocycles. The highest BCUT2D eigenvalue weighted by atomic mass is 35.5. The van der Waals surface area contributed by atoms with E-state index in [2.05, 4.69) is 5.32 Å². The van der Waals surface area contributed by atoms with Crippen LogP contribution in [0.1, 0.15) is 20.3 Å². The third kappa shape index (κ3) is 6.23. The summed E-state index contributed by atoms with van der Waals surface area (Å²) in [5.41, 5.74) is 0. The number of carbonyl (C=O) groups excluding carboxylic acids is 2. The lowest BCUT2D eigenvalue weighted by Crippen LogP contribution is -2.33. The van der Waals surface area contributed by atoms with Gasteiger partial charge in [0.2, 0.25) is 0 Å². The van der Waals surface area contributed by atoms with Gasteiger partial charge < -0.3 is 14.8 Å². The first kappa shape index (κ1) is 17.6. The first-order valence-corrected chi connectivity index (χ1v) is 7.24. The predicted molar refractivity (Wildman–Crippen MR) is 80.8 cm³/mol. The number of rotatable bonds is 7. The maximum Gasteiger partial charge on any atom is 0.347 e. The highest BCUT2D eigenvalue weighted by Crippen LogP contribution is 2.28. The first-order chi connectivity index (χ1) is 9.93. The molecule has 0 spiro atoms. The van der Waals surface area contributed by atoms with Crippen LogP contribution in [0, 0.1) is 0 Å². The molecule has 0 aromatic heterocycles. The molecule has 0 saturated heterocycles. The Labute approximate surface area is 133 Å². The minimum absolute atomic E-state index is 0.294. The SMILES string of the molecule is CCCNC(=O)COC(=O)[C@@H](C)Oc1ccc(Cl)cc1Cl. The molecule has 0 aliphatic rings. The van der Waals surface area contributed by atoms with Gasteiger partial charge in [-0.1, -0.05) is 30.1 Å². The predicted octanol–water partition coefficient (Wildman–Crippen LogP) is 2.83. The minimum Gasteiger partial charge on any atom is -0.477 e. The highest BCUT2D eigenvalue weighted by Gasteiger charge is 2.18. The van der Waals surface area contributed by atoms with Crippen molar-refractivity contribution in [3.05, 3.63) is 28.2 Å². The molecule has 21 heavy (non-hydrogen) atoms. The van der Waals surface area contributed by atoms with Crippen molar-refractivity contribution in [2.45, 2.75) is 26.4 Å². The van der Waals surface area contributed by atoms with Crippen molar-refractivity contribution in [1.82, 2.24) is 5.32 Å². The van der Waals surface area contributed by atoms with Crippen molar-refractivity contribution in [3.63, 3.8) is 0 Å². The van der Waals surface area contributed by atoms with E-state index in [1.54, 1.807) is 12.1 Å². The topological polar surface area (TPSA) is 64.6 Å². The van der Waals surface area contributed by atoms with Gasteiger partial charge in [0.25, 0.3) is 5.91 Å². The number of carbonyl (C=O) groups is 2. The highest BCUT2D eigenvalue weighted by molar-refractivity contribution is 6.35. The Hall–Kier alpha value is -1.46. The third-order valence-corrected chi connectivity index (χ3v) is 2.98. The van der Waals surface area contributed by atoms with Crippen molar-refractivity contribution < 1.29 is 19.1 Å². The van der Waals surface area contributed by atoms with Crippen LogP contribution in [-0.4, -0.2) is 31.1 Å². The maximum atomic E-state index is 11.7. The van der Waals surface area contributed by atoms with Gasteiger partial charge in [0.15, 0.2) is 12.7 Å². The van der Waals surface area contributed by atoms with Crippen LogP contribution in [0.2, 0.25) is 10.0 Å². The van der Waals surface area contributed by atoms with Crippen LogP contribution in [0.15, 0.2) is 18.2 Å². The lowest BCUT2D eigenvalue weighted by atomic mass is 10.3. The summed E-state index contributed by atoms with van der Waals surface area (Å²) < 4.78 is 10.2. The molecule has 1 amide bonds. The number of hydrogen-bond acceptors (Lipinski definition) is 4. The van der Waals surface area contributed by atoms with Gasteiger partial charge in [-0.15, -0.1) is 0 Å². The average molecular weight is 334 g/mol. The Morgan fingerprint density at radius 3 is 2.67 bits per heavy atom. The summed E-state index contributed by atoms with van der Waals surface area (Å²) in [4.78, 5) is 23.0. The number of nitrogens with one attached hydrogen (secondary N) is 1. The number of hydrogen-bond donors (Lipinski definition) is 1. The fourth-order valence-corrected chi connectivity index (χ4v) is 1.83. The summed E-state index contributed by atoms with van der Waals surface area (Å²) in [6, 6.07) is 4.66. The van der Waals surface area contributed by atoms with Gasteiger partial charge in [-0.25, -0.2) is 4.79 Å². The fourth-order valence-electron chi connectivity index (χ4n) is 1.38. The molecule has 0 fully saturated rings. The maximum absolute atomic E-state index is 11.7. The summed E-state index contributed by atoms with van der Waals surface area (Å²) >= 11 is 11.7. The summed E-state index contributed by atoms with van der Waals surface area (Å²) in [5, 5.41) is 3.36. The lowest BCUT2D eigenvalue weighted by molar-refractivity contribution is -0.154. The van der Waals surface area contributed by atoms with Crippen molar-refractivity contribution >= 4 is 35.1 Å². The molecular weight excluding hydrogens is 317 g/mol. The smallest absolute Gasteiger partial charge is 0.347 e. The number of benzene rings is 1. The van der Waals surface area contributed by atoms with E-state index in [9.17, 15) is 9.59 Å². The van der Waals surface area contributed by atoms with Crippen LogP contribution in [0.3, 0.4) is 0 Å². The first-order valence-electron chi connectivity index (χ1n) is 6.49. The van der Waals surface area contributed by atoms with Crippen LogP contribution < -0.4 is 10.1 Å². The van der Waals surface area contributed by atoms with E-state index in [0.29, 0.717) is 22.3 Å². The molecule has 0 saturated carbocycles. The molecule has 0 bridgehead atoms. The Morgan fingerprint density at radius 1 is 1.33 bits per heavy atom. The largest absolute Gasteiger partial charge is 0.477 e. The molecule has 1 rings (SSSR count). The zero-order valence-electron chi connectivity index (χ0n) is 11.8. The number of amides is 1. The van der Waals surface area contributed by atoms with E-state index in [-0.39, 0.29) is 12.5 Å². The summed E-state index contributed by atoms with van der Waals surface area (Å²) in [7, 11) is 0. The third-order valence-electron chi connectivity index (χ3n) is 2.45. The zero-order valence-corrected chi connectivity index (χ0v) is 13.3. The molecule has 7 heteroatoms. The molecule has 1 atom stereocenters. The van der Waals surface area contributed by atoms with Crippen molar-refractivity contribution in [3.8, 4) is 5.75 Å². The number of esters is 1. The van der Waals surface area contributed by atoms with E-state index in [1.165, 1.54) is 13.0 Å². The zero-order chi connectivity index (χ0) is 15.8. The molecule has 5 nitrogen and oxygen atoms in total. The summed E-state index contributed by atoms with van der Waals surface area (Å²) in [6.07, 6.45) is -0.0727. The van der Waals surface area contributed by atoms with Crippen molar-refractivity contribution in [2.24, 2.45) is 0 Å². The number of halogens is 2. The normalized spacial score (nSPS) is 11.6. The molecule has 0 unspecified atom stereocenters. The van der Waals surface area contributed by atoms with Crippen LogP contribution in [0.4, 0.5) is 0 Å². The van der Waals surface area contributed by atoms with Gasteiger partial charge >= 0.3 is 5.97 Å². The van der Waals surface area contributed by atoms with Crippen LogP contribution in [0.5, 0.6) is 5.75 Å². The fraction of sp³-hybridized carbons (Fsp3) is 0.429. The standard InChI is InChI=1S/C14H17Cl2NO4/c1-3-6-17-13(18)8-20-14(19)9(2)21-12-5-4-10(15)7-11(12)16/h4-5,7,9H,3,6,8H2,1-2H3,(H,17,18)/t9-/m1/s1. The van der Waals surface area contributed by atoms with Gasteiger partial charge in [0.1, 0.15) is 5.75 Å². The quantitative estimate of drug-likeness (QED) is 0.779.